The molecule has 31 heavy (non-hydrogen) atoms. The molecule has 2 heterocycles. The maximum absolute atomic E-state index is 13.3. The Labute approximate surface area is 184 Å². The number of nitrogens with zero attached hydrogens (tertiary/aromatic N) is 2. The maximum atomic E-state index is 13.3. The Morgan fingerprint density at radius 3 is 2.74 bits per heavy atom. The van der Waals surface area contributed by atoms with E-state index in [4.69, 9.17) is 11.6 Å². The van der Waals surface area contributed by atoms with Crippen LogP contribution >= 0.6 is 11.6 Å². The number of anilines is 2. The van der Waals surface area contributed by atoms with E-state index in [1.807, 2.05) is 24.3 Å². The standard InChI is InChI=1S/C23H23ClF3N3O/c1-2-8-28-22(31)19-12-15-11-16(23(25,26)27)6-7-20(15)30-10-9-29(14-21(19)30)18-5-3-4-17(24)13-18/h2-7,11,13,19,21H,1,8-10,12,14H2,(H,28,31). The molecule has 0 bridgehead atoms. The highest BCUT2D eigenvalue weighted by molar-refractivity contribution is 6.30. The van der Waals surface area contributed by atoms with E-state index in [2.05, 4.69) is 21.7 Å². The summed E-state index contributed by atoms with van der Waals surface area (Å²) >= 11 is 6.15. The SMILES string of the molecule is C=CCNC(=O)C1Cc2cc(C(F)(F)F)ccc2N2CCN(c3cccc(Cl)c3)CC12. The van der Waals surface area contributed by atoms with Gasteiger partial charge in [0.2, 0.25) is 5.91 Å². The molecule has 2 aromatic rings. The number of carbonyl (C=O) groups is 1. The second-order valence-corrected chi connectivity index (χ2v) is 8.31. The Bertz CT molecular complexity index is 994. The van der Waals surface area contributed by atoms with Gasteiger partial charge in [0.1, 0.15) is 0 Å². The van der Waals surface area contributed by atoms with Crippen LogP contribution in [-0.4, -0.2) is 38.1 Å². The highest BCUT2D eigenvalue weighted by atomic mass is 35.5. The number of fused-ring (bicyclic) bond motifs is 3. The minimum absolute atomic E-state index is 0.165. The zero-order valence-corrected chi connectivity index (χ0v) is 17.6. The van der Waals surface area contributed by atoms with Crippen molar-refractivity contribution in [1.29, 1.82) is 0 Å². The lowest BCUT2D eigenvalue weighted by Crippen LogP contribution is -2.61. The van der Waals surface area contributed by atoms with Gasteiger partial charge in [-0.3, -0.25) is 4.79 Å². The van der Waals surface area contributed by atoms with Crippen LogP contribution in [0.1, 0.15) is 11.1 Å². The van der Waals surface area contributed by atoms with Crippen molar-refractivity contribution in [2.24, 2.45) is 5.92 Å². The molecule has 4 rings (SSSR count). The number of nitrogens with one attached hydrogen (secondary N) is 1. The van der Waals surface area contributed by atoms with Crippen molar-refractivity contribution in [3.63, 3.8) is 0 Å². The monoisotopic (exact) mass is 449 g/mol. The smallest absolute Gasteiger partial charge is 0.368 e. The molecule has 0 spiro atoms. The van der Waals surface area contributed by atoms with E-state index in [0.717, 1.165) is 17.4 Å². The van der Waals surface area contributed by atoms with Crippen LogP contribution in [0.2, 0.25) is 5.02 Å². The van der Waals surface area contributed by atoms with E-state index < -0.39 is 17.7 Å². The number of hydrogen-bond acceptors (Lipinski definition) is 3. The Kier molecular flexibility index (Phi) is 5.88. The second kappa shape index (κ2) is 8.46. The lowest BCUT2D eigenvalue weighted by atomic mass is 9.82. The molecule has 4 nitrogen and oxygen atoms in total. The molecule has 164 valence electrons. The van der Waals surface area contributed by atoms with Gasteiger partial charge in [0.05, 0.1) is 17.5 Å². The van der Waals surface area contributed by atoms with Crippen LogP contribution in [0.4, 0.5) is 24.5 Å². The first-order valence-electron chi connectivity index (χ1n) is 10.1. The summed E-state index contributed by atoms with van der Waals surface area (Å²) in [7, 11) is 0. The van der Waals surface area contributed by atoms with Gasteiger partial charge in [0, 0.05) is 42.6 Å². The summed E-state index contributed by atoms with van der Waals surface area (Å²) in [4.78, 5) is 17.2. The summed E-state index contributed by atoms with van der Waals surface area (Å²) in [5.41, 5.74) is 1.61. The van der Waals surface area contributed by atoms with Crippen LogP contribution in [0.25, 0.3) is 0 Å². The van der Waals surface area contributed by atoms with Crippen LogP contribution in [0, 0.1) is 5.92 Å². The van der Waals surface area contributed by atoms with Crippen molar-refractivity contribution in [3.05, 3.63) is 71.3 Å². The highest BCUT2D eigenvalue weighted by Gasteiger charge is 2.42. The number of hydrogen-bond donors (Lipinski definition) is 1. The maximum Gasteiger partial charge on any atom is 0.416 e. The van der Waals surface area contributed by atoms with Gasteiger partial charge in [-0.2, -0.15) is 13.2 Å². The van der Waals surface area contributed by atoms with Gasteiger partial charge in [0.25, 0.3) is 0 Å². The fourth-order valence-electron chi connectivity index (χ4n) is 4.51. The normalized spacial score (nSPS) is 20.6. The van der Waals surface area contributed by atoms with Crippen molar-refractivity contribution in [1.82, 2.24) is 5.32 Å². The van der Waals surface area contributed by atoms with Crippen molar-refractivity contribution >= 4 is 28.9 Å². The molecule has 2 aromatic carbocycles. The predicted octanol–water partition coefficient (Wildman–Crippen LogP) is 4.53. The molecule has 1 N–H and O–H groups in total. The first kappa shape index (κ1) is 21.6. The Morgan fingerprint density at radius 1 is 1.23 bits per heavy atom. The molecule has 2 atom stereocenters. The number of carbonyl (C=O) groups excluding carboxylic acids is 1. The largest absolute Gasteiger partial charge is 0.416 e. The molecule has 2 aliphatic heterocycles. The molecule has 0 aromatic heterocycles. The number of alkyl halides is 3. The molecule has 0 saturated carbocycles. The van der Waals surface area contributed by atoms with Crippen molar-refractivity contribution in [2.45, 2.75) is 18.6 Å². The average molecular weight is 450 g/mol. The third-order valence-corrected chi connectivity index (χ3v) is 6.20. The van der Waals surface area contributed by atoms with Crippen LogP contribution in [0.5, 0.6) is 0 Å². The van der Waals surface area contributed by atoms with E-state index in [9.17, 15) is 18.0 Å². The zero-order chi connectivity index (χ0) is 22.2. The molecular formula is C23H23ClF3N3O. The van der Waals surface area contributed by atoms with E-state index in [-0.39, 0.29) is 18.4 Å². The Balaban J connectivity index is 1.68. The Morgan fingerprint density at radius 2 is 2.03 bits per heavy atom. The van der Waals surface area contributed by atoms with Crippen molar-refractivity contribution in [2.75, 3.05) is 36.0 Å². The first-order chi connectivity index (χ1) is 14.8. The quantitative estimate of drug-likeness (QED) is 0.697. The van der Waals surface area contributed by atoms with Crippen LogP contribution in [0.3, 0.4) is 0 Å². The summed E-state index contributed by atoms with van der Waals surface area (Å²) in [5.74, 6) is -0.649. The zero-order valence-electron chi connectivity index (χ0n) is 16.8. The highest BCUT2D eigenvalue weighted by Crippen LogP contribution is 2.40. The second-order valence-electron chi connectivity index (χ2n) is 7.87. The summed E-state index contributed by atoms with van der Waals surface area (Å²) in [5, 5.41) is 3.46. The van der Waals surface area contributed by atoms with Crippen LogP contribution in [-0.2, 0) is 17.4 Å². The first-order valence-corrected chi connectivity index (χ1v) is 10.5. The van der Waals surface area contributed by atoms with Crippen molar-refractivity contribution in [3.8, 4) is 0 Å². The fourth-order valence-corrected chi connectivity index (χ4v) is 4.70. The number of rotatable bonds is 4. The summed E-state index contributed by atoms with van der Waals surface area (Å²) < 4.78 is 39.8. The van der Waals surface area contributed by atoms with Gasteiger partial charge >= 0.3 is 6.18 Å². The molecule has 1 fully saturated rings. The molecule has 1 saturated heterocycles. The molecule has 1 amide bonds. The number of amides is 1. The average Bonchev–Trinajstić information content (AvgIpc) is 2.75. The predicted molar refractivity (Wildman–Crippen MR) is 117 cm³/mol. The summed E-state index contributed by atoms with van der Waals surface area (Å²) in [6.07, 6.45) is -2.57. The van der Waals surface area contributed by atoms with Gasteiger partial charge in [0.15, 0.2) is 0 Å². The topological polar surface area (TPSA) is 35.6 Å². The van der Waals surface area contributed by atoms with Gasteiger partial charge < -0.3 is 15.1 Å². The Hall–Kier alpha value is -2.67. The fraction of sp³-hybridized carbons (Fsp3) is 0.348. The molecule has 2 unspecified atom stereocenters. The van der Waals surface area contributed by atoms with Crippen LogP contribution in [0.15, 0.2) is 55.1 Å². The molecule has 0 radical (unpaired) electrons. The summed E-state index contributed by atoms with van der Waals surface area (Å²) in [6, 6.07) is 11.2. The molecule has 0 aliphatic carbocycles. The number of benzene rings is 2. The molecule has 2 aliphatic rings. The van der Waals surface area contributed by atoms with E-state index >= 15 is 0 Å². The van der Waals surface area contributed by atoms with Gasteiger partial charge in [-0.25, -0.2) is 0 Å². The van der Waals surface area contributed by atoms with Crippen molar-refractivity contribution < 1.29 is 18.0 Å². The molecule has 8 heteroatoms. The summed E-state index contributed by atoms with van der Waals surface area (Å²) in [6.45, 7) is 5.79. The minimum Gasteiger partial charge on any atom is -0.368 e. The number of halogens is 4. The van der Waals surface area contributed by atoms with Gasteiger partial charge in [-0.15, -0.1) is 6.58 Å². The molecular weight excluding hydrogens is 427 g/mol. The van der Waals surface area contributed by atoms with Gasteiger partial charge in [-0.05, 0) is 48.4 Å². The van der Waals surface area contributed by atoms with E-state index in [0.29, 0.717) is 36.8 Å². The minimum atomic E-state index is -4.42. The third kappa shape index (κ3) is 4.37. The number of piperazine rings is 1. The van der Waals surface area contributed by atoms with Crippen LogP contribution < -0.4 is 15.1 Å². The van der Waals surface area contributed by atoms with E-state index in [1.54, 1.807) is 6.08 Å². The third-order valence-electron chi connectivity index (χ3n) is 5.97. The lowest BCUT2D eigenvalue weighted by Gasteiger charge is -2.49. The lowest BCUT2D eigenvalue weighted by molar-refractivity contribution is -0.137. The van der Waals surface area contributed by atoms with Gasteiger partial charge in [-0.1, -0.05) is 23.7 Å². The van der Waals surface area contributed by atoms with E-state index in [1.165, 1.54) is 12.1 Å².